The summed E-state index contributed by atoms with van der Waals surface area (Å²) in [7, 11) is 0. The molecule has 0 atom stereocenters. The third-order valence-corrected chi connectivity index (χ3v) is 4.02. The van der Waals surface area contributed by atoms with E-state index in [-0.39, 0.29) is 5.56 Å². The SMILES string of the molecule is CCCCc1ncc(C=[13C]([13C](=O)O)[13C](=O)O)n1Cc1ccc(C(=O)O)cc1. The molecule has 1 aromatic carbocycles. The van der Waals surface area contributed by atoms with Crippen LogP contribution in [-0.2, 0) is 22.6 Å². The van der Waals surface area contributed by atoms with Gasteiger partial charge in [0.25, 0.3) is 0 Å². The molecule has 0 saturated heterocycles. The van der Waals surface area contributed by atoms with Crippen LogP contribution in [0, 0.1) is 0 Å². The molecule has 0 radical (unpaired) electrons. The zero-order valence-corrected chi connectivity index (χ0v) is 14.8. The minimum Gasteiger partial charge on any atom is -0.478 e. The van der Waals surface area contributed by atoms with Crippen molar-refractivity contribution in [3.05, 3.63) is 58.7 Å². The number of unbranched alkanes of at least 4 members (excludes halogenated alkanes) is 1. The van der Waals surface area contributed by atoms with Crippen molar-refractivity contribution in [3.8, 4) is 0 Å². The highest BCUT2D eigenvalue weighted by molar-refractivity contribution is 6.16. The molecule has 0 bridgehead atoms. The first-order chi connectivity index (χ1) is 12.8. The van der Waals surface area contributed by atoms with Gasteiger partial charge in [-0.3, -0.25) is 0 Å². The Morgan fingerprint density at radius 3 is 2.22 bits per heavy atom. The lowest BCUT2D eigenvalue weighted by Gasteiger charge is -2.11. The molecule has 2 rings (SSSR count). The standard InChI is InChI=1S/C19H20N2O6/c1-2-3-4-16-20-10-14(9-15(18(24)25)19(26)27)21(16)11-12-5-7-13(8-6-12)17(22)23/h5-10H,2-4,11H2,1H3,(H,22,23)(H,24,25)(H,26,27)/i15+1,18+1,19+1. The first-order valence-electron chi connectivity index (χ1n) is 8.38. The Morgan fingerprint density at radius 1 is 1.07 bits per heavy atom. The molecule has 0 fully saturated rings. The maximum atomic E-state index is 11.2. The highest BCUT2D eigenvalue weighted by Gasteiger charge is 2.18. The lowest BCUT2D eigenvalue weighted by molar-refractivity contribution is -0.140. The number of aromatic carboxylic acids is 1. The van der Waals surface area contributed by atoms with Gasteiger partial charge >= 0.3 is 17.9 Å². The average molecular weight is 375 g/mol. The summed E-state index contributed by atoms with van der Waals surface area (Å²) < 4.78 is 1.75. The Hall–Kier alpha value is -3.42. The van der Waals surface area contributed by atoms with Gasteiger partial charge in [-0.1, -0.05) is 25.5 Å². The predicted octanol–water partition coefficient (Wildman–Crippen LogP) is 2.52. The molecule has 8 heteroatoms. The smallest absolute Gasteiger partial charge is 0.343 e. The maximum Gasteiger partial charge on any atom is 0.343 e. The number of hydrogen-bond donors (Lipinski definition) is 3. The van der Waals surface area contributed by atoms with E-state index in [1.165, 1.54) is 18.3 Å². The van der Waals surface area contributed by atoms with Crippen LogP contribution in [0.1, 0.15) is 47.2 Å². The van der Waals surface area contributed by atoms with E-state index in [1.54, 1.807) is 16.7 Å². The number of carboxylic acids is 3. The fourth-order valence-electron chi connectivity index (χ4n) is 2.56. The normalized spacial score (nSPS) is 10.4. The topological polar surface area (TPSA) is 130 Å². The van der Waals surface area contributed by atoms with Crippen LogP contribution < -0.4 is 0 Å². The van der Waals surface area contributed by atoms with Gasteiger partial charge in [0.1, 0.15) is 11.4 Å². The summed E-state index contributed by atoms with van der Waals surface area (Å²) in [6, 6.07) is 6.29. The van der Waals surface area contributed by atoms with E-state index < -0.39 is 23.5 Å². The van der Waals surface area contributed by atoms with Gasteiger partial charge in [-0.05, 0) is 30.2 Å². The molecule has 142 valence electrons. The number of imidazole rings is 1. The molecule has 0 aliphatic carbocycles. The molecule has 8 nitrogen and oxygen atoms in total. The number of carboxylic acid groups (broad SMARTS) is 3. The highest BCUT2D eigenvalue weighted by atomic mass is 16.5. The number of nitrogens with zero attached hydrogens (tertiary/aromatic N) is 2. The van der Waals surface area contributed by atoms with Gasteiger partial charge in [-0.2, -0.15) is 0 Å². The van der Waals surface area contributed by atoms with Crippen LogP contribution in [0.15, 0.2) is 36.0 Å². The van der Waals surface area contributed by atoms with E-state index in [4.69, 9.17) is 15.3 Å². The second-order valence-electron chi connectivity index (χ2n) is 5.96. The van der Waals surface area contributed by atoms with Crippen molar-refractivity contribution in [1.29, 1.82) is 0 Å². The van der Waals surface area contributed by atoms with Crippen molar-refractivity contribution in [2.45, 2.75) is 32.7 Å². The second-order valence-corrected chi connectivity index (χ2v) is 5.96. The fraction of sp³-hybridized carbons (Fsp3) is 0.263. The zero-order chi connectivity index (χ0) is 20.0. The first-order valence-corrected chi connectivity index (χ1v) is 8.38. The van der Waals surface area contributed by atoms with Crippen LogP contribution in [-0.4, -0.2) is 42.8 Å². The quantitative estimate of drug-likeness (QED) is 0.266. The Bertz CT molecular complexity index is 864. The van der Waals surface area contributed by atoms with Crippen molar-refractivity contribution in [2.75, 3.05) is 0 Å². The molecular formula is C19H20N2O6. The zero-order valence-electron chi connectivity index (χ0n) is 14.8. The van der Waals surface area contributed by atoms with E-state index >= 15 is 0 Å². The van der Waals surface area contributed by atoms with Gasteiger partial charge in [0.05, 0.1) is 17.5 Å². The van der Waals surface area contributed by atoms with E-state index in [0.717, 1.165) is 24.5 Å². The Morgan fingerprint density at radius 2 is 1.70 bits per heavy atom. The lowest BCUT2D eigenvalue weighted by atomic mass is 10.1. The second kappa shape index (κ2) is 8.79. The summed E-state index contributed by atoms with van der Waals surface area (Å²) in [5, 5.41) is 27.2. The number of aliphatic carboxylic acids is 2. The number of aromatic nitrogens is 2. The van der Waals surface area contributed by atoms with E-state index in [2.05, 4.69) is 4.98 Å². The molecule has 0 saturated carbocycles. The third-order valence-electron chi connectivity index (χ3n) is 4.02. The maximum absolute atomic E-state index is 11.2. The van der Waals surface area contributed by atoms with E-state index in [9.17, 15) is 14.4 Å². The predicted molar refractivity (Wildman–Crippen MR) is 96.6 cm³/mol. The van der Waals surface area contributed by atoms with Crippen LogP contribution in [0.4, 0.5) is 0 Å². The summed E-state index contributed by atoms with van der Waals surface area (Å²) in [5.41, 5.74) is 0.565. The third kappa shape index (κ3) is 5.04. The Balaban J connectivity index is 2.43. The summed E-state index contributed by atoms with van der Waals surface area (Å²) >= 11 is 0. The number of benzene rings is 1. The van der Waals surface area contributed by atoms with Gasteiger partial charge in [0, 0.05) is 13.0 Å². The molecule has 0 unspecified atom stereocenters. The molecule has 3 N–H and O–H groups in total. The molecule has 27 heavy (non-hydrogen) atoms. The molecule has 0 spiro atoms. The van der Waals surface area contributed by atoms with Gasteiger partial charge in [0.2, 0.25) is 0 Å². The average Bonchev–Trinajstić information content (AvgIpc) is 2.99. The number of carbonyl (C=O) groups is 3. The van der Waals surface area contributed by atoms with Gasteiger partial charge in [0.15, 0.2) is 0 Å². The molecule has 2 aromatic rings. The largest absolute Gasteiger partial charge is 0.478 e. The molecular weight excluding hydrogens is 355 g/mol. The van der Waals surface area contributed by atoms with Crippen molar-refractivity contribution < 1.29 is 29.7 Å². The van der Waals surface area contributed by atoms with E-state index in [0.29, 0.717) is 24.5 Å². The number of aryl methyl sites for hydroxylation is 1. The van der Waals surface area contributed by atoms with Crippen LogP contribution in [0.2, 0.25) is 0 Å². The van der Waals surface area contributed by atoms with Crippen LogP contribution in [0.25, 0.3) is 6.08 Å². The molecule has 0 amide bonds. The van der Waals surface area contributed by atoms with Crippen LogP contribution >= 0.6 is 0 Å². The van der Waals surface area contributed by atoms with Crippen molar-refractivity contribution >= 4 is 24.0 Å². The highest BCUT2D eigenvalue weighted by Crippen LogP contribution is 2.16. The summed E-state index contributed by atoms with van der Waals surface area (Å²) in [4.78, 5) is 37.6. The fourth-order valence-corrected chi connectivity index (χ4v) is 2.56. The monoisotopic (exact) mass is 375 g/mol. The summed E-state index contributed by atoms with van der Waals surface area (Å²) in [5.74, 6) is -3.38. The van der Waals surface area contributed by atoms with E-state index in [1.807, 2.05) is 6.92 Å². The first kappa shape index (κ1) is 19.9. The minimum atomic E-state index is -1.53. The lowest BCUT2D eigenvalue weighted by Crippen LogP contribution is -2.13. The Kier molecular flexibility index (Phi) is 6.48. The van der Waals surface area contributed by atoms with Crippen molar-refractivity contribution in [2.24, 2.45) is 0 Å². The molecule has 1 aromatic heterocycles. The van der Waals surface area contributed by atoms with Gasteiger partial charge in [-0.25, -0.2) is 19.4 Å². The summed E-state index contributed by atoms with van der Waals surface area (Å²) in [6.45, 7) is 2.35. The minimum absolute atomic E-state index is 0.162. The van der Waals surface area contributed by atoms with Gasteiger partial charge < -0.3 is 19.9 Å². The van der Waals surface area contributed by atoms with Crippen LogP contribution in [0.3, 0.4) is 0 Å². The Labute approximate surface area is 155 Å². The molecule has 0 aliphatic heterocycles. The van der Waals surface area contributed by atoms with Crippen molar-refractivity contribution in [3.63, 3.8) is 0 Å². The van der Waals surface area contributed by atoms with Crippen LogP contribution in [0.5, 0.6) is 0 Å². The number of hydrogen-bond acceptors (Lipinski definition) is 4. The molecule has 0 aliphatic rings. The molecule has 1 heterocycles. The van der Waals surface area contributed by atoms with Crippen molar-refractivity contribution in [1.82, 2.24) is 9.55 Å². The van der Waals surface area contributed by atoms with Gasteiger partial charge in [-0.15, -0.1) is 0 Å². The summed E-state index contributed by atoms with van der Waals surface area (Å²) in [6.07, 6.45) is 5.01. The number of rotatable bonds is 9.